The van der Waals surface area contributed by atoms with Gasteiger partial charge >= 0.3 is 5.97 Å². The summed E-state index contributed by atoms with van der Waals surface area (Å²) < 4.78 is 15.8. The number of esters is 1. The maximum Gasteiger partial charge on any atom is 0.338 e. The third-order valence-electron chi connectivity index (χ3n) is 6.07. The number of nitrogens with one attached hydrogen (secondary N) is 1. The first kappa shape index (κ1) is 26.6. The third-order valence-corrected chi connectivity index (χ3v) is 6.30. The van der Waals surface area contributed by atoms with E-state index in [1.807, 2.05) is 48.5 Å². The van der Waals surface area contributed by atoms with Gasteiger partial charge in [0.2, 0.25) is 0 Å². The number of carbonyl (C=O) groups is 2. The lowest BCUT2D eigenvalue weighted by molar-refractivity contribution is -0.119. The number of nitrogens with zero attached hydrogens (tertiary/aromatic N) is 2. The molecule has 40 heavy (non-hydrogen) atoms. The van der Waals surface area contributed by atoms with Crippen LogP contribution in [-0.4, -0.2) is 42.7 Å². The van der Waals surface area contributed by atoms with E-state index in [4.69, 9.17) is 35.8 Å². The number of fused-ring (bicyclic) bond motifs is 1. The Morgan fingerprint density at radius 3 is 1.93 bits per heavy atom. The van der Waals surface area contributed by atoms with Crippen molar-refractivity contribution in [2.45, 2.75) is 0 Å². The Labute approximate surface area is 235 Å². The van der Waals surface area contributed by atoms with Crippen LogP contribution in [0.2, 0.25) is 5.02 Å². The summed E-state index contributed by atoms with van der Waals surface area (Å²) in [5.41, 5.74) is 4.84. The molecule has 0 radical (unpaired) electrons. The van der Waals surface area contributed by atoms with Gasteiger partial charge < -0.3 is 19.5 Å². The summed E-state index contributed by atoms with van der Waals surface area (Å²) in [6, 6.07) is 26.7. The van der Waals surface area contributed by atoms with Crippen LogP contribution >= 0.6 is 11.6 Å². The molecule has 9 heteroatoms. The number of benzene rings is 4. The Balaban J connectivity index is 1.43. The molecule has 0 aliphatic carbocycles. The molecule has 8 nitrogen and oxygen atoms in total. The van der Waals surface area contributed by atoms with Gasteiger partial charge in [-0.1, -0.05) is 17.7 Å². The number of hydrogen-bond acceptors (Lipinski definition) is 7. The standard InChI is InChI=1S/C31H24ClN3O5/c1-38-24-11-6-19(7-12-24)29-30(20-8-13-25(39-2)14-9-20)35-27-16-21(10-15-26(27)34-29)31(37)40-18-28(36)33-23-5-3-4-22(32)17-23/h3-17H,18H2,1-2H3,(H,33,36). The van der Waals surface area contributed by atoms with Crippen LogP contribution in [-0.2, 0) is 9.53 Å². The molecule has 0 unspecified atom stereocenters. The third kappa shape index (κ3) is 6.03. The zero-order valence-electron chi connectivity index (χ0n) is 21.7. The Morgan fingerprint density at radius 2 is 1.35 bits per heavy atom. The second-order valence-corrected chi connectivity index (χ2v) is 9.15. The molecule has 1 heterocycles. The Hall–Kier alpha value is -4.95. The summed E-state index contributed by atoms with van der Waals surface area (Å²) in [6.07, 6.45) is 0. The lowest BCUT2D eigenvalue weighted by atomic mass is 10.0. The summed E-state index contributed by atoms with van der Waals surface area (Å²) in [4.78, 5) is 34.8. The highest BCUT2D eigenvalue weighted by molar-refractivity contribution is 6.30. The van der Waals surface area contributed by atoms with E-state index >= 15 is 0 Å². The molecule has 200 valence electrons. The van der Waals surface area contributed by atoms with E-state index in [9.17, 15) is 9.59 Å². The molecule has 0 bridgehead atoms. The van der Waals surface area contributed by atoms with Crippen LogP contribution in [0.25, 0.3) is 33.5 Å². The van der Waals surface area contributed by atoms with Crippen molar-refractivity contribution in [1.29, 1.82) is 0 Å². The van der Waals surface area contributed by atoms with Crippen molar-refractivity contribution in [3.63, 3.8) is 0 Å². The van der Waals surface area contributed by atoms with Crippen LogP contribution in [0.1, 0.15) is 10.4 Å². The summed E-state index contributed by atoms with van der Waals surface area (Å²) in [6.45, 7) is -0.456. The predicted molar refractivity (Wildman–Crippen MR) is 154 cm³/mol. The van der Waals surface area contributed by atoms with Crippen LogP contribution in [0.4, 0.5) is 5.69 Å². The fourth-order valence-corrected chi connectivity index (χ4v) is 4.25. The van der Waals surface area contributed by atoms with Crippen molar-refractivity contribution in [3.05, 3.63) is 102 Å². The fraction of sp³-hybridized carbons (Fsp3) is 0.0968. The van der Waals surface area contributed by atoms with Gasteiger partial charge in [-0.2, -0.15) is 0 Å². The molecular formula is C31H24ClN3O5. The smallest absolute Gasteiger partial charge is 0.338 e. The van der Waals surface area contributed by atoms with Gasteiger partial charge in [-0.25, -0.2) is 14.8 Å². The quantitative estimate of drug-likeness (QED) is 0.221. The lowest BCUT2D eigenvalue weighted by Gasteiger charge is -2.12. The van der Waals surface area contributed by atoms with Crippen molar-refractivity contribution >= 4 is 40.2 Å². The van der Waals surface area contributed by atoms with Crippen molar-refractivity contribution in [2.75, 3.05) is 26.1 Å². The average Bonchev–Trinajstić information content (AvgIpc) is 2.99. The van der Waals surface area contributed by atoms with E-state index < -0.39 is 18.5 Å². The summed E-state index contributed by atoms with van der Waals surface area (Å²) >= 11 is 5.95. The summed E-state index contributed by atoms with van der Waals surface area (Å²) in [5, 5.41) is 3.12. The molecule has 0 aliphatic heterocycles. The maximum atomic E-state index is 12.8. The van der Waals surface area contributed by atoms with Crippen molar-refractivity contribution in [2.24, 2.45) is 0 Å². The van der Waals surface area contributed by atoms with Crippen LogP contribution in [0, 0.1) is 0 Å². The second-order valence-electron chi connectivity index (χ2n) is 8.72. The normalized spacial score (nSPS) is 10.7. The van der Waals surface area contributed by atoms with E-state index in [0.29, 0.717) is 38.9 Å². The zero-order chi connectivity index (χ0) is 28.1. The molecular weight excluding hydrogens is 530 g/mol. The molecule has 0 aliphatic rings. The Bertz CT molecular complexity index is 1690. The van der Waals surface area contributed by atoms with Gasteiger partial charge in [-0.3, -0.25) is 4.79 Å². The van der Waals surface area contributed by atoms with E-state index in [1.54, 1.807) is 56.7 Å². The minimum Gasteiger partial charge on any atom is -0.497 e. The van der Waals surface area contributed by atoms with Gasteiger partial charge in [0.25, 0.3) is 5.91 Å². The number of aromatic nitrogens is 2. The number of halogens is 1. The highest BCUT2D eigenvalue weighted by Gasteiger charge is 2.17. The number of hydrogen-bond donors (Lipinski definition) is 1. The molecule has 0 fully saturated rings. The second kappa shape index (κ2) is 11.8. The van der Waals surface area contributed by atoms with Crippen molar-refractivity contribution in [1.82, 2.24) is 9.97 Å². The molecule has 0 spiro atoms. The number of amides is 1. The SMILES string of the molecule is COc1ccc(-c2nc3ccc(C(=O)OCC(=O)Nc4cccc(Cl)c4)cc3nc2-c2ccc(OC)cc2)cc1. The average molecular weight is 554 g/mol. The fourth-order valence-electron chi connectivity index (χ4n) is 4.06. The molecule has 0 atom stereocenters. The van der Waals surface area contributed by atoms with Gasteiger partial charge in [-0.05, 0) is 84.9 Å². The molecule has 0 saturated carbocycles. The van der Waals surface area contributed by atoms with Gasteiger partial charge in [0, 0.05) is 21.8 Å². The zero-order valence-corrected chi connectivity index (χ0v) is 22.4. The van der Waals surface area contributed by atoms with E-state index in [2.05, 4.69) is 5.32 Å². The summed E-state index contributed by atoms with van der Waals surface area (Å²) in [7, 11) is 3.22. The largest absolute Gasteiger partial charge is 0.497 e. The molecule has 0 saturated heterocycles. The van der Waals surface area contributed by atoms with E-state index in [1.165, 1.54) is 0 Å². The van der Waals surface area contributed by atoms with Crippen LogP contribution < -0.4 is 14.8 Å². The Kier molecular flexibility index (Phi) is 7.89. The predicted octanol–water partition coefficient (Wildman–Crippen LogP) is 6.43. The number of methoxy groups -OCH3 is 2. The first-order valence-corrected chi connectivity index (χ1v) is 12.6. The number of rotatable bonds is 8. The van der Waals surface area contributed by atoms with Crippen molar-refractivity contribution < 1.29 is 23.8 Å². The minimum atomic E-state index is -0.657. The Morgan fingerprint density at radius 1 is 0.750 bits per heavy atom. The van der Waals surface area contributed by atoms with Crippen LogP contribution in [0.5, 0.6) is 11.5 Å². The maximum absolute atomic E-state index is 12.8. The van der Waals surface area contributed by atoms with E-state index in [0.717, 1.165) is 16.9 Å². The van der Waals surface area contributed by atoms with Gasteiger partial charge in [0.1, 0.15) is 11.5 Å². The van der Waals surface area contributed by atoms with Gasteiger partial charge in [0.15, 0.2) is 6.61 Å². The number of ether oxygens (including phenoxy) is 3. The molecule has 5 rings (SSSR count). The molecule has 5 aromatic rings. The highest BCUT2D eigenvalue weighted by atomic mass is 35.5. The monoisotopic (exact) mass is 553 g/mol. The van der Waals surface area contributed by atoms with Gasteiger partial charge in [0.05, 0.1) is 42.2 Å². The van der Waals surface area contributed by atoms with E-state index in [-0.39, 0.29) is 5.56 Å². The number of anilines is 1. The minimum absolute atomic E-state index is 0.246. The molecule has 1 N–H and O–H groups in total. The first-order valence-electron chi connectivity index (χ1n) is 12.3. The number of carbonyl (C=O) groups excluding carboxylic acids is 2. The van der Waals surface area contributed by atoms with Gasteiger partial charge in [-0.15, -0.1) is 0 Å². The van der Waals surface area contributed by atoms with Crippen LogP contribution in [0.15, 0.2) is 91.0 Å². The molecule has 4 aromatic carbocycles. The van der Waals surface area contributed by atoms with Crippen LogP contribution in [0.3, 0.4) is 0 Å². The molecule has 1 amide bonds. The highest BCUT2D eigenvalue weighted by Crippen LogP contribution is 2.33. The summed E-state index contributed by atoms with van der Waals surface area (Å²) in [5.74, 6) is 0.304. The van der Waals surface area contributed by atoms with Crippen molar-refractivity contribution in [3.8, 4) is 34.0 Å². The lowest BCUT2D eigenvalue weighted by Crippen LogP contribution is -2.20. The molecule has 1 aromatic heterocycles. The topological polar surface area (TPSA) is 99.6 Å². The first-order chi connectivity index (χ1) is 19.4.